The molecule has 0 spiro atoms. The summed E-state index contributed by atoms with van der Waals surface area (Å²) in [6.45, 7) is -4.06. The van der Waals surface area contributed by atoms with Crippen LogP contribution in [0, 0.1) is 0 Å². The van der Waals surface area contributed by atoms with E-state index in [1.807, 2.05) is 0 Å². The van der Waals surface area contributed by atoms with Crippen LogP contribution in [-0.4, -0.2) is 136 Å². The van der Waals surface area contributed by atoms with Crippen molar-refractivity contribution in [2.75, 3.05) is 26.2 Å². The Labute approximate surface area is 200 Å². The molecule has 0 heterocycles. The van der Waals surface area contributed by atoms with E-state index in [1.165, 1.54) is 0 Å². The van der Waals surface area contributed by atoms with Crippen LogP contribution in [-0.2, 0) is 38.4 Å². The predicted molar refractivity (Wildman–Crippen MR) is 108 cm³/mol. The average molecular weight is 524 g/mol. The number of nitrogens with zero attached hydrogens (tertiary/aromatic N) is 2. The Bertz CT molecular complexity index is 826. The van der Waals surface area contributed by atoms with Crippen LogP contribution >= 0.6 is 0 Å². The second-order valence-corrected chi connectivity index (χ2v) is 7.61. The summed E-state index contributed by atoms with van der Waals surface area (Å²) in [5.74, 6) is -15.7. The lowest BCUT2D eigenvalue weighted by atomic mass is 9.79. The minimum absolute atomic E-state index is 0.0614. The zero-order chi connectivity index (χ0) is 28.4. The molecule has 18 nitrogen and oxygen atoms in total. The molecule has 0 saturated carbocycles. The molecule has 0 amide bonds. The van der Waals surface area contributed by atoms with Gasteiger partial charge in [0, 0.05) is 13.1 Å². The highest BCUT2D eigenvalue weighted by molar-refractivity contribution is 5.94. The van der Waals surface area contributed by atoms with Gasteiger partial charge in [0.05, 0.1) is 38.8 Å². The van der Waals surface area contributed by atoms with Gasteiger partial charge in [-0.1, -0.05) is 0 Å². The normalized spacial score (nSPS) is 11.7. The van der Waals surface area contributed by atoms with Gasteiger partial charge in [-0.25, -0.2) is 0 Å². The third kappa shape index (κ3) is 8.80. The summed E-state index contributed by atoms with van der Waals surface area (Å²) in [5, 5.41) is 75.0. The van der Waals surface area contributed by atoms with Gasteiger partial charge in [0.15, 0.2) is 0 Å². The summed E-state index contributed by atoms with van der Waals surface area (Å²) in [4.78, 5) is 93.7. The standard InChI is InChI=1S/C18H24N2O16/c21-9(22)3-17(15(33)34,4-10(23)24)20(2-1-19(7-13(29)30)8-14(31)32)18(16(35)36,5-11(25)26)6-12(27)28/h1-8H2,(H,21,22)(H,23,24)(H,25,26)(H,27,28)(H,29,30)(H,31,32)(H,33,34)(H,35,36). The van der Waals surface area contributed by atoms with Gasteiger partial charge >= 0.3 is 47.8 Å². The first kappa shape index (κ1) is 31.7. The summed E-state index contributed by atoms with van der Waals surface area (Å²) < 4.78 is 0. The van der Waals surface area contributed by atoms with E-state index in [9.17, 15) is 69.0 Å². The van der Waals surface area contributed by atoms with Crippen LogP contribution in [0.25, 0.3) is 0 Å². The lowest BCUT2D eigenvalue weighted by Crippen LogP contribution is -2.70. The van der Waals surface area contributed by atoms with Gasteiger partial charge in [-0.15, -0.1) is 0 Å². The van der Waals surface area contributed by atoms with E-state index in [0.29, 0.717) is 4.90 Å². The number of hydrogen-bond acceptors (Lipinski definition) is 10. The minimum Gasteiger partial charge on any atom is -0.481 e. The van der Waals surface area contributed by atoms with Crippen LogP contribution < -0.4 is 0 Å². The molecule has 0 aromatic carbocycles. The second kappa shape index (κ2) is 13.0. The smallest absolute Gasteiger partial charge is 0.325 e. The summed E-state index contributed by atoms with van der Waals surface area (Å²) in [6, 6.07) is 0. The van der Waals surface area contributed by atoms with Crippen molar-refractivity contribution in [3.05, 3.63) is 0 Å². The second-order valence-electron chi connectivity index (χ2n) is 7.61. The molecular weight excluding hydrogens is 500 g/mol. The summed E-state index contributed by atoms with van der Waals surface area (Å²) in [7, 11) is 0. The largest absolute Gasteiger partial charge is 0.481 e. The molecule has 0 aliphatic rings. The number of hydrogen-bond donors (Lipinski definition) is 8. The highest BCUT2D eigenvalue weighted by atomic mass is 16.4. The van der Waals surface area contributed by atoms with Crippen molar-refractivity contribution in [2.24, 2.45) is 0 Å². The van der Waals surface area contributed by atoms with Gasteiger partial charge in [-0.05, 0) is 0 Å². The fourth-order valence-electron chi connectivity index (χ4n) is 3.72. The molecule has 8 N–H and O–H groups in total. The third-order valence-corrected chi connectivity index (χ3v) is 4.96. The van der Waals surface area contributed by atoms with Crippen molar-refractivity contribution in [3.8, 4) is 0 Å². The van der Waals surface area contributed by atoms with Crippen LogP contribution in [0.5, 0.6) is 0 Å². The van der Waals surface area contributed by atoms with E-state index in [0.717, 1.165) is 0 Å². The summed E-state index contributed by atoms with van der Waals surface area (Å²) in [6.07, 6.45) is -6.61. The molecule has 0 aromatic rings. The Hall–Kier alpha value is -4.32. The molecule has 0 atom stereocenters. The molecule has 202 valence electrons. The Morgan fingerprint density at radius 3 is 0.917 bits per heavy atom. The van der Waals surface area contributed by atoms with E-state index < -0.39 is 111 Å². The van der Waals surface area contributed by atoms with Crippen LogP contribution in [0.4, 0.5) is 0 Å². The van der Waals surface area contributed by atoms with Crippen molar-refractivity contribution in [3.63, 3.8) is 0 Å². The molecule has 0 unspecified atom stereocenters. The topological polar surface area (TPSA) is 305 Å². The van der Waals surface area contributed by atoms with Crippen molar-refractivity contribution in [2.45, 2.75) is 36.8 Å². The molecule has 0 aromatic heterocycles. The van der Waals surface area contributed by atoms with Gasteiger partial charge in [-0.2, -0.15) is 0 Å². The highest BCUT2D eigenvalue weighted by Crippen LogP contribution is 2.37. The molecule has 0 fully saturated rings. The maximum atomic E-state index is 12.3. The van der Waals surface area contributed by atoms with Crippen LogP contribution in [0.1, 0.15) is 25.7 Å². The average Bonchev–Trinajstić information content (AvgIpc) is 2.64. The van der Waals surface area contributed by atoms with E-state index in [-0.39, 0.29) is 4.90 Å². The first-order valence-electron chi connectivity index (χ1n) is 9.67. The lowest BCUT2D eigenvalue weighted by Gasteiger charge is -2.48. The van der Waals surface area contributed by atoms with Crippen molar-refractivity contribution < 1.29 is 79.2 Å². The maximum absolute atomic E-state index is 12.3. The number of carbonyl (C=O) groups is 8. The molecular formula is C18H24N2O16. The number of rotatable bonds is 19. The number of carboxylic acid groups (broad SMARTS) is 8. The van der Waals surface area contributed by atoms with Gasteiger partial charge in [0.2, 0.25) is 0 Å². The van der Waals surface area contributed by atoms with Gasteiger partial charge in [0.25, 0.3) is 0 Å². The van der Waals surface area contributed by atoms with Crippen LogP contribution in [0.2, 0.25) is 0 Å². The summed E-state index contributed by atoms with van der Waals surface area (Å²) >= 11 is 0. The predicted octanol–water partition coefficient (Wildman–Crippen LogP) is -2.69. The van der Waals surface area contributed by atoms with E-state index in [1.54, 1.807) is 0 Å². The van der Waals surface area contributed by atoms with Crippen molar-refractivity contribution in [1.82, 2.24) is 9.80 Å². The number of aliphatic carboxylic acids is 8. The zero-order valence-electron chi connectivity index (χ0n) is 18.4. The Morgan fingerprint density at radius 1 is 0.444 bits per heavy atom. The van der Waals surface area contributed by atoms with Gasteiger partial charge < -0.3 is 40.9 Å². The molecule has 0 bridgehead atoms. The Balaban J connectivity index is 7.30. The third-order valence-electron chi connectivity index (χ3n) is 4.96. The fourth-order valence-corrected chi connectivity index (χ4v) is 3.72. The monoisotopic (exact) mass is 524 g/mol. The van der Waals surface area contributed by atoms with Crippen molar-refractivity contribution in [1.29, 1.82) is 0 Å². The molecule has 0 saturated heterocycles. The van der Waals surface area contributed by atoms with E-state index >= 15 is 0 Å². The van der Waals surface area contributed by atoms with Crippen LogP contribution in [0.15, 0.2) is 0 Å². The lowest BCUT2D eigenvalue weighted by molar-refractivity contribution is -0.183. The summed E-state index contributed by atoms with van der Waals surface area (Å²) in [5.41, 5.74) is -6.53. The first-order chi connectivity index (χ1) is 16.4. The zero-order valence-corrected chi connectivity index (χ0v) is 18.4. The molecule has 0 aliphatic carbocycles. The van der Waals surface area contributed by atoms with Crippen LogP contribution in [0.3, 0.4) is 0 Å². The molecule has 36 heavy (non-hydrogen) atoms. The maximum Gasteiger partial charge on any atom is 0.325 e. The molecule has 18 heteroatoms. The molecule has 0 rings (SSSR count). The van der Waals surface area contributed by atoms with E-state index in [2.05, 4.69) is 0 Å². The highest BCUT2D eigenvalue weighted by Gasteiger charge is 2.60. The van der Waals surface area contributed by atoms with Gasteiger partial charge in [-0.3, -0.25) is 48.2 Å². The Morgan fingerprint density at radius 2 is 0.722 bits per heavy atom. The molecule has 0 radical (unpaired) electrons. The molecule has 0 aliphatic heterocycles. The first-order valence-corrected chi connectivity index (χ1v) is 9.67. The quantitative estimate of drug-likeness (QED) is 0.0852. The van der Waals surface area contributed by atoms with Crippen molar-refractivity contribution >= 4 is 47.8 Å². The minimum atomic E-state index is -3.26. The number of carboxylic acids is 8. The van der Waals surface area contributed by atoms with E-state index in [4.69, 9.17) is 10.2 Å². The van der Waals surface area contributed by atoms with Gasteiger partial charge in [0.1, 0.15) is 11.1 Å². The SMILES string of the molecule is O=C(O)CN(CCN(C(CC(=O)O)(CC(=O)O)C(=O)O)C(CC(=O)O)(CC(=O)O)C(=O)O)CC(=O)O. The fraction of sp³-hybridized carbons (Fsp3) is 0.556. The Kier molecular flexibility index (Phi) is 11.4.